The van der Waals surface area contributed by atoms with Crippen LogP contribution in [0.15, 0.2) is 24.3 Å². The highest BCUT2D eigenvalue weighted by Crippen LogP contribution is 2.37. The van der Waals surface area contributed by atoms with Gasteiger partial charge in [-0.25, -0.2) is 4.98 Å². The number of nitriles is 1. The number of hydrogen-bond donors (Lipinski definition) is 0. The van der Waals surface area contributed by atoms with Crippen molar-refractivity contribution in [2.45, 2.75) is 77.3 Å². The molecule has 2 aliphatic rings. The molecule has 1 fully saturated rings. The number of fused-ring (bicyclic) bond motifs is 1. The van der Waals surface area contributed by atoms with Gasteiger partial charge in [-0.1, -0.05) is 12.8 Å². The number of rotatable bonds is 8. The van der Waals surface area contributed by atoms with Gasteiger partial charge < -0.3 is 9.80 Å². The molecule has 200 valence electrons. The van der Waals surface area contributed by atoms with Crippen molar-refractivity contribution in [2.24, 2.45) is 5.92 Å². The maximum absolute atomic E-state index is 13.3. The van der Waals surface area contributed by atoms with Crippen LogP contribution >= 0.6 is 0 Å². The number of hydrogen-bond acceptors (Lipinski definition) is 4. The number of benzene rings is 1. The first kappa shape index (κ1) is 27.1. The van der Waals surface area contributed by atoms with E-state index in [1.54, 1.807) is 0 Å². The molecule has 0 bridgehead atoms. The summed E-state index contributed by atoms with van der Waals surface area (Å²) in [7, 11) is 0. The van der Waals surface area contributed by atoms with Gasteiger partial charge >= 0.3 is 12.4 Å². The molecule has 0 unspecified atom stereocenters. The molecule has 0 saturated heterocycles. The van der Waals surface area contributed by atoms with Gasteiger partial charge in [0.15, 0.2) is 6.19 Å². The highest BCUT2D eigenvalue weighted by atomic mass is 19.4. The highest BCUT2D eigenvalue weighted by molar-refractivity contribution is 5.51. The largest absolute Gasteiger partial charge is 0.416 e. The van der Waals surface area contributed by atoms with Crippen molar-refractivity contribution >= 4 is 5.82 Å². The van der Waals surface area contributed by atoms with Gasteiger partial charge in [0.2, 0.25) is 0 Å². The van der Waals surface area contributed by atoms with Crippen molar-refractivity contribution in [1.82, 2.24) is 9.88 Å². The van der Waals surface area contributed by atoms with Crippen LogP contribution in [0.1, 0.15) is 72.5 Å². The number of alkyl halides is 6. The first-order valence-electron chi connectivity index (χ1n) is 12.7. The number of anilines is 1. The summed E-state index contributed by atoms with van der Waals surface area (Å²) in [6.45, 7) is 3.26. The summed E-state index contributed by atoms with van der Waals surface area (Å²) in [6, 6.07) is 3.48. The number of halogens is 6. The van der Waals surface area contributed by atoms with Crippen LogP contribution in [0.3, 0.4) is 0 Å². The Balaban J connectivity index is 1.64. The summed E-state index contributed by atoms with van der Waals surface area (Å²) in [4.78, 5) is 8.34. The van der Waals surface area contributed by atoms with Crippen LogP contribution in [0, 0.1) is 17.4 Å². The van der Waals surface area contributed by atoms with Crippen LogP contribution in [-0.4, -0.2) is 23.0 Å². The Morgan fingerprint density at radius 3 is 2.14 bits per heavy atom. The topological polar surface area (TPSA) is 43.2 Å². The molecule has 4 rings (SSSR count). The monoisotopic (exact) mass is 524 g/mol. The van der Waals surface area contributed by atoms with Crippen LogP contribution in [0.5, 0.6) is 0 Å². The summed E-state index contributed by atoms with van der Waals surface area (Å²) in [5.74, 6) is 1.32. The third kappa shape index (κ3) is 6.49. The molecule has 0 aliphatic heterocycles. The standard InChI is InChI=1S/C27H30F6N4/c1-2-37(15-18-6-3-4-7-18)25-21(12-20-8-5-9-24(20)35-25)16-36(17-34)14-19-10-22(26(28,29)30)13-23(11-19)27(31,32)33/h10-13,18H,2-9,14-16H2,1H3. The second kappa shape index (κ2) is 10.8. The number of aromatic nitrogens is 1. The fourth-order valence-corrected chi connectivity index (χ4v) is 5.43. The van der Waals surface area contributed by atoms with Gasteiger partial charge in [-0.2, -0.15) is 31.6 Å². The summed E-state index contributed by atoms with van der Waals surface area (Å²) in [5.41, 5.74) is -0.109. The lowest BCUT2D eigenvalue weighted by Crippen LogP contribution is -2.31. The fraction of sp³-hybridized carbons (Fsp3) is 0.556. The zero-order valence-corrected chi connectivity index (χ0v) is 20.7. The summed E-state index contributed by atoms with van der Waals surface area (Å²) in [6.07, 6.45) is -0.499. The third-order valence-electron chi connectivity index (χ3n) is 7.26. The normalized spacial score (nSPS) is 16.1. The van der Waals surface area contributed by atoms with E-state index >= 15 is 0 Å². The molecule has 1 aromatic carbocycles. The zero-order chi connectivity index (χ0) is 26.8. The molecular weight excluding hydrogens is 494 g/mol. The predicted octanol–water partition coefficient (Wildman–Crippen LogP) is 7.11. The second-order valence-electron chi connectivity index (χ2n) is 9.99. The average Bonchev–Trinajstić information content (AvgIpc) is 3.52. The Labute approximate surface area is 212 Å². The molecule has 37 heavy (non-hydrogen) atoms. The quantitative estimate of drug-likeness (QED) is 0.210. The van der Waals surface area contributed by atoms with E-state index in [0.29, 0.717) is 24.6 Å². The fourth-order valence-electron chi connectivity index (χ4n) is 5.43. The van der Waals surface area contributed by atoms with Crippen molar-refractivity contribution in [3.8, 4) is 6.19 Å². The third-order valence-corrected chi connectivity index (χ3v) is 7.26. The number of nitrogens with zero attached hydrogens (tertiary/aromatic N) is 4. The van der Waals surface area contributed by atoms with Crippen molar-refractivity contribution in [3.05, 3.63) is 57.8 Å². The summed E-state index contributed by atoms with van der Waals surface area (Å²) in [5, 5.41) is 9.81. The minimum atomic E-state index is -4.94. The number of pyridine rings is 1. The van der Waals surface area contributed by atoms with E-state index in [0.717, 1.165) is 61.3 Å². The minimum absolute atomic E-state index is 0.0465. The van der Waals surface area contributed by atoms with Crippen molar-refractivity contribution < 1.29 is 26.3 Å². The van der Waals surface area contributed by atoms with Crippen LogP contribution in [-0.2, 0) is 38.3 Å². The molecule has 10 heteroatoms. The van der Waals surface area contributed by atoms with Crippen LogP contribution < -0.4 is 4.90 Å². The molecule has 2 aliphatic carbocycles. The van der Waals surface area contributed by atoms with Gasteiger partial charge in [0, 0.05) is 24.3 Å². The summed E-state index contributed by atoms with van der Waals surface area (Å²) < 4.78 is 79.9. The van der Waals surface area contributed by atoms with Crippen molar-refractivity contribution in [1.29, 1.82) is 5.26 Å². The van der Waals surface area contributed by atoms with Crippen LogP contribution in [0.4, 0.5) is 32.2 Å². The molecule has 0 amide bonds. The molecule has 0 spiro atoms. The van der Waals surface area contributed by atoms with Crippen molar-refractivity contribution in [2.75, 3.05) is 18.0 Å². The molecule has 0 radical (unpaired) electrons. The Morgan fingerprint density at radius 2 is 1.57 bits per heavy atom. The van der Waals surface area contributed by atoms with Gasteiger partial charge in [0.05, 0.1) is 24.2 Å². The van der Waals surface area contributed by atoms with Gasteiger partial charge in [-0.15, -0.1) is 0 Å². The lowest BCUT2D eigenvalue weighted by molar-refractivity contribution is -0.143. The van der Waals surface area contributed by atoms with E-state index in [4.69, 9.17) is 4.98 Å². The molecule has 0 atom stereocenters. The average molecular weight is 525 g/mol. The van der Waals surface area contributed by atoms with Crippen molar-refractivity contribution in [3.63, 3.8) is 0 Å². The second-order valence-corrected chi connectivity index (χ2v) is 9.99. The van der Waals surface area contributed by atoms with E-state index < -0.39 is 23.5 Å². The van der Waals surface area contributed by atoms with Crippen LogP contribution in [0.2, 0.25) is 0 Å². The maximum Gasteiger partial charge on any atom is 0.416 e. The first-order chi connectivity index (χ1) is 17.5. The first-order valence-corrected chi connectivity index (χ1v) is 12.7. The van der Waals surface area contributed by atoms with Crippen LogP contribution in [0.25, 0.3) is 0 Å². The van der Waals surface area contributed by atoms with Gasteiger partial charge in [-0.3, -0.25) is 0 Å². The smallest absolute Gasteiger partial charge is 0.356 e. The van der Waals surface area contributed by atoms with Gasteiger partial charge in [0.1, 0.15) is 5.82 Å². The van der Waals surface area contributed by atoms with Gasteiger partial charge in [-0.05, 0) is 80.3 Å². The minimum Gasteiger partial charge on any atom is -0.356 e. The SMILES string of the molecule is CCN(CC1CCCC1)c1nc2c(cc1CN(C#N)Cc1cc(C(F)(F)F)cc(C(F)(F)F)c1)CCC2. The Morgan fingerprint density at radius 1 is 0.919 bits per heavy atom. The predicted molar refractivity (Wildman–Crippen MR) is 127 cm³/mol. The lowest BCUT2D eigenvalue weighted by atomic mass is 10.0. The van der Waals surface area contributed by atoms with E-state index in [2.05, 4.69) is 4.90 Å². The van der Waals surface area contributed by atoms with E-state index in [1.165, 1.54) is 17.7 Å². The van der Waals surface area contributed by atoms with E-state index in [1.807, 2.05) is 19.2 Å². The molecule has 4 nitrogen and oxygen atoms in total. The molecular formula is C27H30F6N4. The maximum atomic E-state index is 13.3. The van der Waals surface area contributed by atoms with Gasteiger partial charge in [0.25, 0.3) is 0 Å². The zero-order valence-electron chi connectivity index (χ0n) is 20.7. The highest BCUT2D eigenvalue weighted by Gasteiger charge is 2.37. The number of aryl methyl sites for hydroxylation is 2. The Bertz CT molecular complexity index is 1110. The Hall–Kier alpha value is -2.96. The lowest BCUT2D eigenvalue weighted by Gasteiger charge is -2.29. The molecule has 1 aromatic heterocycles. The molecule has 2 aromatic rings. The van der Waals surface area contributed by atoms with E-state index in [9.17, 15) is 31.6 Å². The summed E-state index contributed by atoms with van der Waals surface area (Å²) >= 11 is 0. The Kier molecular flexibility index (Phi) is 7.91. The molecule has 1 saturated carbocycles. The van der Waals surface area contributed by atoms with E-state index in [-0.39, 0.29) is 24.7 Å². The molecule has 1 heterocycles. The molecule has 0 N–H and O–H groups in total.